The Bertz CT molecular complexity index is 686. The van der Waals surface area contributed by atoms with Crippen molar-refractivity contribution in [2.24, 2.45) is 0 Å². The molecule has 86 valence electrons. The summed E-state index contributed by atoms with van der Waals surface area (Å²) in [6.45, 7) is 0. The van der Waals surface area contributed by atoms with E-state index in [1.807, 2.05) is 0 Å². The van der Waals surface area contributed by atoms with Crippen molar-refractivity contribution in [3.05, 3.63) is 44.2 Å². The number of hydrogen-bond acceptors (Lipinski definition) is 4. The van der Waals surface area contributed by atoms with E-state index in [9.17, 15) is 14.4 Å². The number of carboxylic acids is 1. The highest BCUT2D eigenvalue weighted by Gasteiger charge is 2.12. The molecule has 0 radical (unpaired) electrons. The molecule has 5 nitrogen and oxygen atoms in total. The van der Waals surface area contributed by atoms with Crippen molar-refractivity contribution in [3.63, 3.8) is 0 Å². The predicted molar refractivity (Wildman–Crippen MR) is 62.5 cm³/mol. The monoisotopic (exact) mass is 296 g/mol. The second-order valence-corrected chi connectivity index (χ2v) is 4.12. The summed E-state index contributed by atoms with van der Waals surface area (Å²) >= 11 is 3.13. The summed E-state index contributed by atoms with van der Waals surface area (Å²) in [6.07, 6.45) is 0.580. The van der Waals surface area contributed by atoms with Crippen molar-refractivity contribution in [3.8, 4) is 0 Å². The van der Waals surface area contributed by atoms with Crippen LogP contribution in [0.2, 0.25) is 0 Å². The van der Waals surface area contributed by atoms with Crippen LogP contribution in [-0.2, 0) is 0 Å². The van der Waals surface area contributed by atoms with Gasteiger partial charge in [-0.05, 0) is 12.1 Å². The number of benzene rings is 1. The van der Waals surface area contributed by atoms with E-state index in [1.165, 1.54) is 12.1 Å². The Morgan fingerprint density at radius 3 is 2.65 bits per heavy atom. The molecule has 1 N–H and O–H groups in total. The van der Waals surface area contributed by atoms with Crippen LogP contribution in [0.25, 0.3) is 11.0 Å². The topological polar surface area (TPSA) is 84.6 Å². The normalized spacial score (nSPS) is 10.4. The Kier molecular flexibility index (Phi) is 2.81. The molecule has 0 bridgehead atoms. The molecule has 1 aromatic carbocycles. The fraction of sp³-hybridized carbons (Fsp3) is 0. The van der Waals surface area contributed by atoms with E-state index in [1.54, 1.807) is 0 Å². The van der Waals surface area contributed by atoms with Gasteiger partial charge in [-0.1, -0.05) is 15.9 Å². The van der Waals surface area contributed by atoms with Crippen LogP contribution in [-0.4, -0.2) is 17.4 Å². The summed E-state index contributed by atoms with van der Waals surface area (Å²) in [4.78, 5) is 33.0. The highest BCUT2D eigenvalue weighted by atomic mass is 79.9. The van der Waals surface area contributed by atoms with Gasteiger partial charge in [-0.3, -0.25) is 9.59 Å². The fourth-order valence-electron chi connectivity index (χ4n) is 1.39. The van der Waals surface area contributed by atoms with Gasteiger partial charge in [-0.25, -0.2) is 4.79 Å². The Labute approximate surface area is 103 Å². The number of aldehydes is 1. The Hall–Kier alpha value is -1.95. The second kappa shape index (κ2) is 4.14. The van der Waals surface area contributed by atoms with Crippen molar-refractivity contribution in [2.45, 2.75) is 0 Å². The minimum Gasteiger partial charge on any atom is -0.475 e. The van der Waals surface area contributed by atoms with Crippen molar-refractivity contribution in [2.75, 3.05) is 0 Å². The number of aromatic carboxylic acids is 1. The molecule has 0 saturated heterocycles. The lowest BCUT2D eigenvalue weighted by Crippen LogP contribution is -2.06. The summed E-state index contributed by atoms with van der Waals surface area (Å²) < 4.78 is 5.48. The molecule has 0 aliphatic carbocycles. The molecule has 0 atom stereocenters. The summed E-state index contributed by atoms with van der Waals surface area (Å²) in [7, 11) is 0. The van der Waals surface area contributed by atoms with Crippen LogP contribution < -0.4 is 5.43 Å². The zero-order valence-electron chi connectivity index (χ0n) is 8.27. The van der Waals surface area contributed by atoms with Crippen LogP contribution in [0.1, 0.15) is 20.9 Å². The zero-order valence-corrected chi connectivity index (χ0v) is 9.85. The van der Waals surface area contributed by atoms with Gasteiger partial charge in [0, 0.05) is 16.1 Å². The number of halogens is 1. The maximum absolute atomic E-state index is 11.6. The minimum absolute atomic E-state index is 0.0696. The lowest BCUT2D eigenvalue weighted by Gasteiger charge is -2.01. The number of rotatable bonds is 2. The zero-order chi connectivity index (χ0) is 12.6. The first-order chi connectivity index (χ1) is 8.02. The largest absolute Gasteiger partial charge is 0.475 e. The lowest BCUT2D eigenvalue weighted by molar-refractivity contribution is 0.0663. The average Bonchev–Trinajstić information content (AvgIpc) is 2.29. The van der Waals surface area contributed by atoms with Crippen LogP contribution >= 0.6 is 15.9 Å². The van der Waals surface area contributed by atoms with E-state index in [0.717, 1.165) is 6.07 Å². The van der Waals surface area contributed by atoms with Crippen molar-refractivity contribution in [1.82, 2.24) is 0 Å². The molecule has 0 fully saturated rings. The van der Waals surface area contributed by atoms with Crippen molar-refractivity contribution < 1.29 is 19.1 Å². The smallest absolute Gasteiger partial charge is 0.371 e. The van der Waals surface area contributed by atoms with Crippen LogP contribution in [0.4, 0.5) is 0 Å². The third kappa shape index (κ3) is 1.99. The number of fused-ring (bicyclic) bond motifs is 1. The number of carbonyl (C=O) groups is 2. The first kappa shape index (κ1) is 11.5. The third-order valence-electron chi connectivity index (χ3n) is 2.18. The molecule has 0 unspecified atom stereocenters. The van der Waals surface area contributed by atoms with E-state index in [-0.39, 0.29) is 16.5 Å². The van der Waals surface area contributed by atoms with E-state index in [0.29, 0.717) is 10.8 Å². The number of carbonyl (C=O) groups excluding carboxylic acids is 1. The van der Waals surface area contributed by atoms with Gasteiger partial charge in [0.15, 0.2) is 11.7 Å². The first-order valence-electron chi connectivity index (χ1n) is 4.49. The van der Waals surface area contributed by atoms with Crippen molar-refractivity contribution >= 4 is 39.2 Å². The minimum atomic E-state index is -1.33. The van der Waals surface area contributed by atoms with Gasteiger partial charge in [0.1, 0.15) is 5.58 Å². The molecule has 1 aromatic heterocycles. The first-order valence-corrected chi connectivity index (χ1v) is 5.28. The van der Waals surface area contributed by atoms with Gasteiger partial charge >= 0.3 is 5.97 Å². The summed E-state index contributed by atoms with van der Waals surface area (Å²) in [5.41, 5.74) is -0.120. The Balaban J connectivity index is 2.87. The Morgan fingerprint density at radius 1 is 1.35 bits per heavy atom. The molecule has 0 spiro atoms. The van der Waals surface area contributed by atoms with Gasteiger partial charge in [-0.2, -0.15) is 0 Å². The molecule has 0 saturated carbocycles. The summed E-state index contributed by atoms with van der Waals surface area (Å²) in [6, 6.07) is 3.65. The quantitative estimate of drug-likeness (QED) is 0.858. The highest BCUT2D eigenvalue weighted by Crippen LogP contribution is 2.22. The SMILES string of the molecule is O=Cc1cc2oc(C(=O)O)cc(=O)c2cc1Br. The van der Waals surface area contributed by atoms with Gasteiger partial charge in [0.2, 0.25) is 5.76 Å². The third-order valence-corrected chi connectivity index (χ3v) is 2.87. The van der Waals surface area contributed by atoms with Gasteiger partial charge in [0.05, 0.1) is 5.39 Å². The van der Waals surface area contributed by atoms with E-state index in [2.05, 4.69) is 15.9 Å². The van der Waals surface area contributed by atoms with Gasteiger partial charge in [-0.15, -0.1) is 0 Å². The fourth-order valence-corrected chi connectivity index (χ4v) is 1.82. The van der Waals surface area contributed by atoms with Crippen LogP contribution in [0.5, 0.6) is 0 Å². The molecule has 0 amide bonds. The van der Waals surface area contributed by atoms with Gasteiger partial charge in [0.25, 0.3) is 0 Å². The number of carboxylic acid groups (broad SMARTS) is 1. The lowest BCUT2D eigenvalue weighted by atomic mass is 10.1. The molecule has 0 aliphatic rings. The van der Waals surface area contributed by atoms with E-state index in [4.69, 9.17) is 9.52 Å². The predicted octanol–water partition coefficient (Wildman–Crippen LogP) is 2.07. The molecule has 2 aromatic rings. The molecule has 0 aliphatic heterocycles. The number of hydrogen-bond donors (Lipinski definition) is 1. The van der Waals surface area contributed by atoms with E-state index >= 15 is 0 Å². The van der Waals surface area contributed by atoms with Crippen molar-refractivity contribution in [1.29, 1.82) is 0 Å². The summed E-state index contributed by atoms with van der Waals surface area (Å²) in [5.74, 6) is -1.79. The van der Waals surface area contributed by atoms with Gasteiger partial charge < -0.3 is 9.52 Å². The summed E-state index contributed by atoms with van der Waals surface area (Å²) in [5, 5.41) is 8.95. The molecular weight excluding hydrogens is 292 g/mol. The Morgan fingerprint density at radius 2 is 2.06 bits per heavy atom. The molecule has 2 rings (SSSR count). The van der Waals surface area contributed by atoms with Crippen LogP contribution in [0.3, 0.4) is 0 Å². The highest BCUT2D eigenvalue weighted by molar-refractivity contribution is 9.10. The molecule has 1 heterocycles. The van der Waals surface area contributed by atoms with Crippen LogP contribution in [0.15, 0.2) is 31.9 Å². The van der Waals surface area contributed by atoms with Crippen LogP contribution in [0, 0.1) is 0 Å². The standard InChI is InChI=1S/C11H5BrO5/c12-7-2-6-8(14)3-10(11(15)16)17-9(6)1-5(7)4-13/h1-4H,(H,15,16). The average molecular weight is 297 g/mol. The second-order valence-electron chi connectivity index (χ2n) is 3.27. The molecular formula is C11H5BrO5. The maximum atomic E-state index is 11.6. The van der Waals surface area contributed by atoms with E-state index < -0.39 is 17.2 Å². The molecule has 6 heteroatoms. The molecule has 17 heavy (non-hydrogen) atoms. The maximum Gasteiger partial charge on any atom is 0.371 e.